The first-order valence-electron chi connectivity index (χ1n) is 13.6. The summed E-state index contributed by atoms with van der Waals surface area (Å²) >= 11 is 1.54. The lowest BCUT2D eigenvalue weighted by molar-refractivity contribution is 0.116. The number of hydrogen-bond acceptors (Lipinski definition) is 6. The highest BCUT2D eigenvalue weighted by molar-refractivity contribution is 7.89. The molecule has 0 atom stereocenters. The molecule has 2 heterocycles. The van der Waals surface area contributed by atoms with Gasteiger partial charge in [-0.3, -0.25) is 10.2 Å². The third-order valence-electron chi connectivity index (χ3n) is 8.07. The Kier molecular flexibility index (Phi) is 9.46. The van der Waals surface area contributed by atoms with Crippen LogP contribution in [0.1, 0.15) is 82.9 Å². The van der Waals surface area contributed by atoms with E-state index in [-0.39, 0.29) is 11.8 Å². The Morgan fingerprint density at radius 1 is 1.03 bits per heavy atom. The minimum Gasteiger partial charge on any atom is -0.319 e. The number of nitrogens with zero attached hydrogens (tertiary/aromatic N) is 4. The zero-order valence-electron chi connectivity index (χ0n) is 21.5. The lowest BCUT2D eigenvalue weighted by Gasteiger charge is -2.40. The first-order chi connectivity index (χ1) is 16.9. The van der Waals surface area contributed by atoms with Crippen molar-refractivity contribution in [3.05, 3.63) is 11.1 Å². The molecule has 0 spiro atoms. The van der Waals surface area contributed by atoms with Gasteiger partial charge in [0.05, 0.1) is 5.75 Å². The van der Waals surface area contributed by atoms with Crippen molar-refractivity contribution in [2.24, 2.45) is 5.92 Å². The third-order valence-corrected chi connectivity index (χ3v) is 10.8. The number of amides is 2. The molecule has 0 bridgehead atoms. The van der Waals surface area contributed by atoms with Crippen LogP contribution in [0, 0.1) is 5.92 Å². The van der Waals surface area contributed by atoms with E-state index in [9.17, 15) is 13.2 Å². The van der Waals surface area contributed by atoms with Crippen LogP contribution < -0.4 is 5.32 Å². The molecule has 4 rings (SSSR count). The fourth-order valence-electron chi connectivity index (χ4n) is 5.85. The maximum absolute atomic E-state index is 13.6. The van der Waals surface area contributed by atoms with E-state index in [1.165, 1.54) is 49.9 Å². The summed E-state index contributed by atoms with van der Waals surface area (Å²) in [5.74, 6) is 0.915. The highest BCUT2D eigenvalue weighted by Gasteiger charge is 2.33. The van der Waals surface area contributed by atoms with Gasteiger partial charge < -0.3 is 4.90 Å². The van der Waals surface area contributed by atoms with E-state index < -0.39 is 10.0 Å². The van der Waals surface area contributed by atoms with Crippen molar-refractivity contribution in [3.63, 3.8) is 0 Å². The average molecular weight is 526 g/mol. The van der Waals surface area contributed by atoms with E-state index in [1.807, 2.05) is 6.20 Å². The standard InChI is InChI=1S/C25H43N5O3S2/c1-3-35(32,33)29-16-14-28(15-17-29)19-23-18-26-24(34-23)27-25(31)30(21-8-6-4-5-7-9-21)22-12-10-20(2)11-13-22/h18,20-22H,3-17,19H2,1-2H3,(H,26,27,31)/t20-,22-. The summed E-state index contributed by atoms with van der Waals surface area (Å²) in [6.45, 7) is 7.26. The summed E-state index contributed by atoms with van der Waals surface area (Å²) in [4.78, 5) is 23.7. The van der Waals surface area contributed by atoms with Gasteiger partial charge in [-0.2, -0.15) is 4.31 Å². The van der Waals surface area contributed by atoms with E-state index in [1.54, 1.807) is 11.2 Å². The van der Waals surface area contributed by atoms with E-state index in [2.05, 4.69) is 27.0 Å². The van der Waals surface area contributed by atoms with Gasteiger partial charge in [0.2, 0.25) is 10.0 Å². The summed E-state index contributed by atoms with van der Waals surface area (Å²) in [7, 11) is -3.11. The Bertz CT molecular complexity index is 913. The van der Waals surface area contributed by atoms with Crippen LogP contribution in [-0.2, 0) is 16.6 Å². The topological polar surface area (TPSA) is 85.9 Å². The van der Waals surface area contributed by atoms with Gasteiger partial charge in [-0.05, 0) is 51.4 Å². The molecule has 10 heteroatoms. The average Bonchev–Trinajstić information content (AvgIpc) is 3.11. The van der Waals surface area contributed by atoms with E-state index in [0.717, 1.165) is 43.0 Å². The molecule has 198 valence electrons. The molecule has 2 saturated carbocycles. The van der Waals surface area contributed by atoms with Crippen molar-refractivity contribution < 1.29 is 13.2 Å². The Hall–Kier alpha value is -1.23. The fourth-order valence-corrected chi connectivity index (χ4v) is 7.78. The van der Waals surface area contributed by atoms with Crippen molar-refractivity contribution in [3.8, 4) is 0 Å². The van der Waals surface area contributed by atoms with E-state index in [4.69, 9.17) is 0 Å². The second-order valence-corrected chi connectivity index (χ2v) is 14.0. The minimum atomic E-state index is -3.11. The van der Waals surface area contributed by atoms with Crippen molar-refractivity contribution >= 4 is 32.5 Å². The maximum Gasteiger partial charge on any atom is 0.324 e. The van der Waals surface area contributed by atoms with Crippen LogP contribution in [0.15, 0.2) is 6.20 Å². The number of urea groups is 1. The number of carbonyl (C=O) groups is 1. The highest BCUT2D eigenvalue weighted by atomic mass is 32.2. The summed E-state index contributed by atoms with van der Waals surface area (Å²) < 4.78 is 25.8. The van der Waals surface area contributed by atoms with Crippen LogP contribution in [0.4, 0.5) is 9.93 Å². The zero-order chi connectivity index (χ0) is 24.8. The predicted molar refractivity (Wildman–Crippen MR) is 142 cm³/mol. The van der Waals surface area contributed by atoms with Gasteiger partial charge in [0.1, 0.15) is 0 Å². The van der Waals surface area contributed by atoms with Gasteiger partial charge in [0, 0.05) is 55.9 Å². The molecular formula is C25H43N5O3S2. The van der Waals surface area contributed by atoms with E-state index in [0.29, 0.717) is 43.4 Å². The van der Waals surface area contributed by atoms with Crippen LogP contribution >= 0.6 is 11.3 Å². The molecule has 1 aliphatic heterocycles. The van der Waals surface area contributed by atoms with Crippen LogP contribution in [0.3, 0.4) is 0 Å². The van der Waals surface area contributed by atoms with Gasteiger partial charge in [0.25, 0.3) is 0 Å². The molecule has 2 amide bonds. The van der Waals surface area contributed by atoms with Crippen molar-refractivity contribution in [1.29, 1.82) is 0 Å². The second kappa shape index (κ2) is 12.3. The van der Waals surface area contributed by atoms with Crippen molar-refractivity contribution in [2.45, 2.75) is 96.7 Å². The quantitative estimate of drug-likeness (QED) is 0.520. The molecule has 3 aliphatic rings. The van der Waals surface area contributed by atoms with Gasteiger partial charge in [-0.15, -0.1) is 11.3 Å². The smallest absolute Gasteiger partial charge is 0.319 e. The van der Waals surface area contributed by atoms with Gasteiger partial charge in [-0.25, -0.2) is 18.2 Å². The Labute approximate surface area is 215 Å². The van der Waals surface area contributed by atoms with E-state index >= 15 is 0 Å². The summed E-state index contributed by atoms with van der Waals surface area (Å²) in [6, 6.07) is 0.700. The predicted octanol–water partition coefficient (Wildman–Crippen LogP) is 4.75. The maximum atomic E-state index is 13.6. The molecule has 1 aromatic rings. The molecule has 35 heavy (non-hydrogen) atoms. The first-order valence-corrected chi connectivity index (χ1v) is 16.0. The molecule has 0 aromatic carbocycles. The molecular weight excluding hydrogens is 482 g/mol. The summed E-state index contributed by atoms with van der Waals surface area (Å²) in [5, 5.41) is 3.82. The summed E-state index contributed by atoms with van der Waals surface area (Å²) in [6.07, 6.45) is 13.7. The monoisotopic (exact) mass is 525 g/mol. The third kappa shape index (κ3) is 7.17. The summed E-state index contributed by atoms with van der Waals surface area (Å²) in [5.41, 5.74) is 0. The number of carbonyl (C=O) groups excluding carboxylic acids is 1. The molecule has 1 N–H and O–H groups in total. The Morgan fingerprint density at radius 2 is 1.66 bits per heavy atom. The molecule has 0 radical (unpaired) electrons. The Morgan fingerprint density at radius 3 is 2.29 bits per heavy atom. The van der Waals surface area contributed by atoms with Crippen LogP contribution in [0.5, 0.6) is 0 Å². The zero-order valence-corrected chi connectivity index (χ0v) is 23.1. The number of sulfonamides is 1. The normalized spacial score (nSPS) is 25.8. The van der Waals surface area contributed by atoms with Crippen LogP contribution in [-0.4, -0.2) is 77.6 Å². The van der Waals surface area contributed by atoms with Crippen LogP contribution in [0.25, 0.3) is 0 Å². The largest absolute Gasteiger partial charge is 0.324 e. The number of aromatic nitrogens is 1. The first kappa shape index (κ1) is 26.8. The van der Waals surface area contributed by atoms with Crippen molar-refractivity contribution in [1.82, 2.24) is 19.1 Å². The number of anilines is 1. The molecule has 1 saturated heterocycles. The van der Waals surface area contributed by atoms with Gasteiger partial charge >= 0.3 is 6.03 Å². The minimum absolute atomic E-state index is 0.0238. The fraction of sp³-hybridized carbons (Fsp3) is 0.840. The van der Waals surface area contributed by atoms with Crippen LogP contribution in [0.2, 0.25) is 0 Å². The highest BCUT2D eigenvalue weighted by Crippen LogP contribution is 2.33. The van der Waals surface area contributed by atoms with Gasteiger partial charge in [0.15, 0.2) is 5.13 Å². The number of hydrogen-bond donors (Lipinski definition) is 1. The molecule has 0 unspecified atom stereocenters. The second-order valence-electron chi connectivity index (χ2n) is 10.6. The van der Waals surface area contributed by atoms with Gasteiger partial charge in [-0.1, -0.05) is 32.6 Å². The lowest BCUT2D eigenvalue weighted by Crippen LogP contribution is -2.50. The number of rotatable bonds is 7. The Balaban J connectivity index is 1.35. The molecule has 1 aromatic heterocycles. The molecule has 2 aliphatic carbocycles. The number of piperazine rings is 1. The number of thiazole rings is 1. The SMILES string of the molecule is CCS(=O)(=O)N1CCN(Cc2cnc(NC(=O)N(C3CCCCCC3)[C@H]3CC[C@H](C)CC3)s2)CC1. The van der Waals surface area contributed by atoms with Crippen molar-refractivity contribution in [2.75, 3.05) is 37.2 Å². The molecule has 3 fully saturated rings. The molecule has 8 nitrogen and oxygen atoms in total. The lowest BCUT2D eigenvalue weighted by atomic mass is 9.85. The number of nitrogens with one attached hydrogen (secondary N) is 1.